The average molecular weight is 590 g/mol. The van der Waals surface area contributed by atoms with Crippen LogP contribution in [0, 0.1) is 10.1 Å². The summed E-state index contributed by atoms with van der Waals surface area (Å²) >= 11 is 0. The van der Waals surface area contributed by atoms with E-state index in [2.05, 4.69) is 10.1 Å². The molecule has 0 saturated carbocycles. The fraction of sp³-hybridized carbons (Fsp3) is 0.0345. The summed E-state index contributed by atoms with van der Waals surface area (Å²) in [6.07, 6.45) is -2.98. The Morgan fingerprint density at radius 1 is 0.810 bits per heavy atom. The fourth-order valence-electron chi connectivity index (χ4n) is 4.54. The summed E-state index contributed by atoms with van der Waals surface area (Å²) in [5.41, 5.74) is 0.808. The standard InChI is InChI=1S/C29H18F3N5O4S/c30-29(31,32)20-12-10-19(11-13-20)27-24(18-35(34-27)21-6-2-1-3-7-21)28-33-25-8-4-5-9-26(25)36(28)42(40,41)23-16-14-22(15-17-23)37(38)39/h1-18H. The second kappa shape index (κ2) is 9.96. The Morgan fingerprint density at radius 2 is 1.45 bits per heavy atom. The van der Waals surface area contributed by atoms with E-state index < -0.39 is 26.7 Å². The number of benzene rings is 4. The maximum absolute atomic E-state index is 14.1. The molecule has 0 aliphatic carbocycles. The number of hydrogen-bond acceptors (Lipinski definition) is 6. The number of non-ortho nitro benzene ring substituents is 1. The number of nitro groups is 1. The van der Waals surface area contributed by atoms with Gasteiger partial charge in [0.05, 0.1) is 37.7 Å². The van der Waals surface area contributed by atoms with E-state index in [9.17, 15) is 31.7 Å². The van der Waals surface area contributed by atoms with Crippen molar-refractivity contribution in [2.45, 2.75) is 11.1 Å². The van der Waals surface area contributed by atoms with Gasteiger partial charge in [0, 0.05) is 23.9 Å². The second-order valence-corrected chi connectivity index (χ2v) is 11.0. The molecule has 2 heterocycles. The lowest BCUT2D eigenvalue weighted by Gasteiger charge is -2.11. The molecule has 13 heteroatoms. The van der Waals surface area contributed by atoms with Gasteiger partial charge in [-0.05, 0) is 48.5 Å². The highest BCUT2D eigenvalue weighted by Crippen LogP contribution is 2.37. The van der Waals surface area contributed by atoms with Crippen molar-refractivity contribution in [2.75, 3.05) is 0 Å². The lowest BCUT2D eigenvalue weighted by atomic mass is 10.1. The minimum Gasteiger partial charge on any atom is -0.258 e. The highest BCUT2D eigenvalue weighted by Gasteiger charge is 2.31. The van der Waals surface area contributed by atoms with Gasteiger partial charge in [-0.2, -0.15) is 18.3 Å². The maximum atomic E-state index is 14.1. The van der Waals surface area contributed by atoms with Crippen LogP contribution in [-0.2, 0) is 16.2 Å². The van der Waals surface area contributed by atoms with Gasteiger partial charge in [-0.25, -0.2) is 22.1 Å². The Bertz CT molecular complexity index is 2050. The molecule has 0 atom stereocenters. The Labute approximate surface area is 236 Å². The van der Waals surface area contributed by atoms with E-state index in [1.54, 1.807) is 60.8 Å². The monoisotopic (exact) mass is 589 g/mol. The first-order chi connectivity index (χ1) is 20.0. The molecule has 0 N–H and O–H groups in total. The smallest absolute Gasteiger partial charge is 0.258 e. The summed E-state index contributed by atoms with van der Waals surface area (Å²) in [5, 5.41) is 15.8. The molecule has 0 fully saturated rings. The quantitative estimate of drug-likeness (QED) is 0.157. The van der Waals surface area contributed by atoms with E-state index in [1.165, 1.54) is 16.8 Å². The highest BCUT2D eigenvalue weighted by molar-refractivity contribution is 7.90. The van der Waals surface area contributed by atoms with Crippen LogP contribution >= 0.6 is 0 Å². The van der Waals surface area contributed by atoms with Crippen molar-refractivity contribution in [3.63, 3.8) is 0 Å². The van der Waals surface area contributed by atoms with Gasteiger partial charge in [0.15, 0.2) is 5.82 Å². The van der Waals surface area contributed by atoms with Crippen LogP contribution in [0.2, 0.25) is 0 Å². The van der Waals surface area contributed by atoms with Crippen molar-refractivity contribution < 1.29 is 26.5 Å². The van der Waals surface area contributed by atoms with Crippen LogP contribution < -0.4 is 0 Å². The fourth-order valence-corrected chi connectivity index (χ4v) is 6.01. The molecule has 210 valence electrons. The minimum absolute atomic E-state index is 0.0355. The predicted octanol–water partition coefficient (Wildman–Crippen LogP) is 6.72. The molecule has 2 aromatic heterocycles. The first kappa shape index (κ1) is 26.9. The van der Waals surface area contributed by atoms with Gasteiger partial charge in [0.2, 0.25) is 0 Å². The van der Waals surface area contributed by atoms with E-state index in [4.69, 9.17) is 0 Å². The normalized spacial score (nSPS) is 12.1. The number of alkyl halides is 3. The molecule has 0 amide bonds. The van der Waals surface area contributed by atoms with Crippen molar-refractivity contribution in [2.24, 2.45) is 0 Å². The SMILES string of the molecule is O=[N+]([O-])c1ccc(S(=O)(=O)n2c(-c3cn(-c4ccccc4)nc3-c3ccc(C(F)(F)F)cc3)nc3ccccc32)cc1. The van der Waals surface area contributed by atoms with Gasteiger partial charge in [-0.1, -0.05) is 42.5 Å². The molecule has 0 aliphatic heterocycles. The highest BCUT2D eigenvalue weighted by atomic mass is 32.2. The topological polar surface area (TPSA) is 113 Å². The molecular formula is C29H18F3N5O4S. The minimum atomic E-state index is -4.54. The van der Waals surface area contributed by atoms with E-state index in [1.807, 2.05) is 0 Å². The maximum Gasteiger partial charge on any atom is 0.416 e. The van der Waals surface area contributed by atoms with Gasteiger partial charge >= 0.3 is 6.18 Å². The molecule has 0 aliphatic rings. The zero-order chi connectivity index (χ0) is 29.6. The van der Waals surface area contributed by atoms with Gasteiger partial charge in [-0.15, -0.1) is 0 Å². The molecule has 0 bridgehead atoms. The Kier molecular flexibility index (Phi) is 6.38. The van der Waals surface area contributed by atoms with E-state index in [0.29, 0.717) is 16.8 Å². The zero-order valence-corrected chi connectivity index (χ0v) is 22.1. The second-order valence-electron chi connectivity index (χ2n) is 9.19. The summed E-state index contributed by atoms with van der Waals surface area (Å²) < 4.78 is 70.5. The molecule has 0 radical (unpaired) electrons. The van der Waals surface area contributed by atoms with Crippen LogP contribution in [0.25, 0.3) is 39.4 Å². The zero-order valence-electron chi connectivity index (χ0n) is 21.3. The van der Waals surface area contributed by atoms with Gasteiger partial charge < -0.3 is 0 Å². The van der Waals surface area contributed by atoms with Gasteiger partial charge in [0.25, 0.3) is 15.7 Å². The number of fused-ring (bicyclic) bond motifs is 1. The van der Waals surface area contributed by atoms with Crippen molar-refractivity contribution in [3.8, 4) is 28.3 Å². The molecule has 4 aromatic carbocycles. The third kappa shape index (κ3) is 4.69. The number of nitro benzene ring substituents is 1. The van der Waals surface area contributed by atoms with Crippen LogP contribution in [0.15, 0.2) is 114 Å². The number of hydrogen-bond donors (Lipinski definition) is 0. The number of halogens is 3. The summed E-state index contributed by atoms with van der Waals surface area (Å²) in [7, 11) is -4.38. The molecule has 0 spiro atoms. The molecule has 9 nitrogen and oxygen atoms in total. The van der Waals surface area contributed by atoms with Crippen molar-refractivity contribution in [1.82, 2.24) is 18.7 Å². The van der Waals surface area contributed by atoms with Crippen molar-refractivity contribution >= 4 is 26.7 Å². The van der Waals surface area contributed by atoms with Crippen LogP contribution in [0.5, 0.6) is 0 Å². The van der Waals surface area contributed by atoms with Gasteiger partial charge in [-0.3, -0.25) is 10.1 Å². The molecular weight excluding hydrogens is 571 g/mol. The first-order valence-corrected chi connectivity index (χ1v) is 13.8. The number of nitrogens with zero attached hydrogens (tertiary/aromatic N) is 5. The number of rotatable bonds is 6. The summed E-state index contributed by atoms with van der Waals surface area (Å²) in [4.78, 5) is 14.9. The number of imidazole rings is 1. The summed E-state index contributed by atoms with van der Waals surface area (Å²) in [6, 6.07) is 24.3. The number of aromatic nitrogens is 4. The van der Waals surface area contributed by atoms with Crippen LogP contribution in [-0.4, -0.2) is 32.1 Å². The molecule has 6 rings (SSSR count). The Hall–Kier alpha value is -5.30. The van der Waals surface area contributed by atoms with Crippen LogP contribution in [0.1, 0.15) is 5.56 Å². The number of para-hydroxylation sites is 3. The first-order valence-electron chi connectivity index (χ1n) is 12.3. The van der Waals surface area contributed by atoms with E-state index in [-0.39, 0.29) is 33.2 Å². The van der Waals surface area contributed by atoms with Crippen molar-refractivity contribution in [3.05, 3.63) is 125 Å². The molecule has 0 unspecified atom stereocenters. The van der Waals surface area contributed by atoms with Crippen molar-refractivity contribution in [1.29, 1.82) is 0 Å². The van der Waals surface area contributed by atoms with Crippen LogP contribution in [0.3, 0.4) is 0 Å². The largest absolute Gasteiger partial charge is 0.416 e. The molecule has 6 aromatic rings. The lowest BCUT2D eigenvalue weighted by Crippen LogP contribution is -2.14. The Morgan fingerprint density at radius 3 is 2.10 bits per heavy atom. The van der Waals surface area contributed by atoms with E-state index in [0.717, 1.165) is 40.4 Å². The lowest BCUT2D eigenvalue weighted by molar-refractivity contribution is -0.384. The van der Waals surface area contributed by atoms with E-state index >= 15 is 0 Å². The summed E-state index contributed by atoms with van der Waals surface area (Å²) in [5.74, 6) is -0.0355. The average Bonchev–Trinajstić information content (AvgIpc) is 3.60. The predicted molar refractivity (Wildman–Crippen MR) is 148 cm³/mol. The third-order valence-corrected chi connectivity index (χ3v) is 8.28. The third-order valence-electron chi connectivity index (χ3n) is 6.57. The van der Waals surface area contributed by atoms with Crippen LogP contribution in [0.4, 0.5) is 18.9 Å². The summed E-state index contributed by atoms with van der Waals surface area (Å²) in [6.45, 7) is 0. The molecule has 0 saturated heterocycles. The Balaban J connectivity index is 1.61. The molecule has 42 heavy (non-hydrogen) atoms. The van der Waals surface area contributed by atoms with Gasteiger partial charge in [0.1, 0.15) is 5.69 Å².